The van der Waals surface area contributed by atoms with Crippen LogP contribution in [-0.4, -0.2) is 77.7 Å². The summed E-state index contributed by atoms with van der Waals surface area (Å²) < 4.78 is 20.2. The topological polar surface area (TPSA) is 234 Å². The van der Waals surface area contributed by atoms with Crippen LogP contribution in [-0.2, 0) is 41.8 Å². The van der Waals surface area contributed by atoms with Crippen LogP contribution >= 0.6 is 0 Å². The number of aliphatic carboxylic acids is 1. The van der Waals surface area contributed by atoms with Crippen LogP contribution in [0, 0.1) is 0 Å². The van der Waals surface area contributed by atoms with Crippen molar-refractivity contribution in [1.82, 2.24) is 21.3 Å². The third-order valence-electron chi connectivity index (χ3n) is 6.33. The Labute approximate surface area is 304 Å². The average Bonchev–Trinajstić information content (AvgIpc) is 3.05. The van der Waals surface area contributed by atoms with Gasteiger partial charge in [0.05, 0.1) is 0 Å². The van der Waals surface area contributed by atoms with E-state index in [1.54, 1.807) is 41.5 Å². The Kier molecular flexibility index (Phi) is 19.7. The lowest BCUT2D eigenvalue weighted by atomic mass is 10.1. The molecule has 0 fully saturated rings. The van der Waals surface area contributed by atoms with Gasteiger partial charge >= 0.3 is 30.3 Å². The fourth-order valence-corrected chi connectivity index (χ4v) is 3.98. The van der Waals surface area contributed by atoms with Crippen molar-refractivity contribution in [2.24, 2.45) is 5.73 Å². The van der Waals surface area contributed by atoms with Crippen molar-refractivity contribution in [2.45, 2.75) is 104 Å². The molecule has 0 spiro atoms. The molecule has 0 aliphatic rings. The summed E-state index contributed by atoms with van der Waals surface area (Å²) in [7, 11) is 0. The monoisotopic (exact) mass is 731 g/mol. The van der Waals surface area contributed by atoms with Crippen molar-refractivity contribution >= 4 is 36.2 Å². The summed E-state index contributed by atoms with van der Waals surface area (Å²) in [5, 5.41) is 19.0. The summed E-state index contributed by atoms with van der Waals surface area (Å²) in [6, 6.07) is 16.6. The molecule has 0 bridgehead atoms. The summed E-state index contributed by atoms with van der Waals surface area (Å²) in [6.45, 7) is 11.1. The average molecular weight is 732 g/mol. The zero-order valence-electron chi connectivity index (χ0n) is 30.7. The van der Waals surface area contributed by atoms with Crippen molar-refractivity contribution in [2.75, 3.05) is 13.1 Å². The van der Waals surface area contributed by atoms with Gasteiger partial charge in [-0.25, -0.2) is 24.0 Å². The van der Waals surface area contributed by atoms with Crippen LogP contribution in [0.5, 0.6) is 0 Å². The van der Waals surface area contributed by atoms with Crippen LogP contribution in [0.1, 0.15) is 78.4 Å². The quantitative estimate of drug-likeness (QED) is 0.102. The SMILES string of the molecule is CC(C)(C)OC(=O)N[C@@H](CCCNC(=O)OCc1ccccc1)C(=O)O.CC(C)(C)OC(=O)N[C@@H](CCCNC(=O)OCc1ccccc1)C(N)=O. The number of ether oxygens (including phenoxy) is 4. The van der Waals surface area contributed by atoms with Crippen molar-refractivity contribution in [3.05, 3.63) is 71.8 Å². The fraction of sp³-hybridized carbons (Fsp3) is 0.500. The summed E-state index contributed by atoms with van der Waals surface area (Å²) >= 11 is 0. The smallest absolute Gasteiger partial charge is 0.408 e. The first-order valence-electron chi connectivity index (χ1n) is 16.7. The van der Waals surface area contributed by atoms with Gasteiger partial charge in [0, 0.05) is 13.1 Å². The first kappa shape index (κ1) is 44.5. The van der Waals surface area contributed by atoms with E-state index in [0.717, 1.165) is 11.1 Å². The highest BCUT2D eigenvalue weighted by atomic mass is 16.6. The highest BCUT2D eigenvalue weighted by Crippen LogP contribution is 2.09. The molecule has 288 valence electrons. The van der Waals surface area contributed by atoms with Crippen LogP contribution in [0.4, 0.5) is 19.2 Å². The Morgan fingerprint density at radius 2 is 0.981 bits per heavy atom. The third kappa shape index (κ3) is 23.0. The van der Waals surface area contributed by atoms with Gasteiger partial charge in [0.2, 0.25) is 5.91 Å². The fourth-order valence-electron chi connectivity index (χ4n) is 3.98. The molecule has 0 aliphatic heterocycles. The second-order valence-corrected chi connectivity index (χ2v) is 13.4. The molecule has 16 nitrogen and oxygen atoms in total. The van der Waals surface area contributed by atoms with Crippen molar-refractivity contribution in [1.29, 1.82) is 0 Å². The van der Waals surface area contributed by atoms with Crippen molar-refractivity contribution < 1.29 is 52.8 Å². The molecule has 0 aliphatic carbocycles. The number of carboxylic acid groups (broad SMARTS) is 1. The highest BCUT2D eigenvalue weighted by Gasteiger charge is 2.24. The van der Waals surface area contributed by atoms with Crippen molar-refractivity contribution in [3.63, 3.8) is 0 Å². The maximum atomic E-state index is 11.7. The van der Waals surface area contributed by atoms with E-state index in [4.69, 9.17) is 29.8 Å². The zero-order valence-corrected chi connectivity index (χ0v) is 30.7. The van der Waals surface area contributed by atoms with Crippen molar-refractivity contribution in [3.8, 4) is 0 Å². The minimum Gasteiger partial charge on any atom is -0.480 e. The second kappa shape index (κ2) is 23.0. The van der Waals surface area contributed by atoms with Crippen LogP contribution in [0.15, 0.2) is 60.7 Å². The molecule has 0 saturated heterocycles. The van der Waals surface area contributed by atoms with E-state index in [1.807, 2.05) is 60.7 Å². The molecule has 5 amide bonds. The van der Waals surface area contributed by atoms with Gasteiger partial charge in [-0.15, -0.1) is 0 Å². The number of nitrogens with two attached hydrogens (primary N) is 1. The van der Waals surface area contributed by atoms with Gasteiger partial charge < -0.3 is 51.1 Å². The molecule has 0 aromatic heterocycles. The lowest BCUT2D eigenvalue weighted by Gasteiger charge is -2.22. The van der Waals surface area contributed by atoms with Crippen LogP contribution in [0.3, 0.4) is 0 Å². The number of amides is 5. The Morgan fingerprint density at radius 3 is 1.33 bits per heavy atom. The van der Waals surface area contributed by atoms with E-state index < -0.39 is 59.5 Å². The number of benzene rings is 2. The van der Waals surface area contributed by atoms with E-state index in [0.29, 0.717) is 12.8 Å². The first-order chi connectivity index (χ1) is 24.3. The molecule has 2 atom stereocenters. The molecule has 0 saturated carbocycles. The molecule has 0 radical (unpaired) electrons. The maximum Gasteiger partial charge on any atom is 0.408 e. The molecular weight excluding hydrogens is 678 g/mol. The Bertz CT molecular complexity index is 1300. The molecule has 52 heavy (non-hydrogen) atoms. The summed E-state index contributed by atoms with van der Waals surface area (Å²) in [4.78, 5) is 69.2. The molecule has 2 aromatic rings. The van der Waals surface area contributed by atoms with Gasteiger partial charge in [-0.2, -0.15) is 0 Å². The molecule has 0 unspecified atom stereocenters. The molecule has 2 aromatic carbocycles. The largest absolute Gasteiger partial charge is 0.480 e. The normalized spacial score (nSPS) is 12.0. The van der Waals surface area contributed by atoms with Gasteiger partial charge in [-0.3, -0.25) is 4.79 Å². The predicted molar refractivity (Wildman–Crippen MR) is 191 cm³/mol. The maximum absolute atomic E-state index is 11.7. The van der Waals surface area contributed by atoms with Gasteiger partial charge in [0.1, 0.15) is 36.5 Å². The lowest BCUT2D eigenvalue weighted by Crippen LogP contribution is -2.46. The minimum atomic E-state index is -1.16. The zero-order chi connectivity index (χ0) is 39.2. The number of carbonyl (C=O) groups is 6. The van der Waals surface area contributed by atoms with E-state index in [-0.39, 0.29) is 39.1 Å². The first-order valence-corrected chi connectivity index (χ1v) is 16.7. The van der Waals surface area contributed by atoms with E-state index in [9.17, 15) is 28.8 Å². The van der Waals surface area contributed by atoms with E-state index in [1.165, 1.54) is 0 Å². The molecular formula is C36H53N5O11. The highest BCUT2D eigenvalue weighted by molar-refractivity contribution is 5.84. The number of carboxylic acids is 1. The summed E-state index contributed by atoms with van der Waals surface area (Å²) in [5.41, 5.74) is 5.66. The van der Waals surface area contributed by atoms with Gasteiger partial charge in [-0.1, -0.05) is 60.7 Å². The molecule has 0 heterocycles. The Balaban J connectivity index is 0.000000520. The van der Waals surface area contributed by atoms with Gasteiger partial charge in [0.25, 0.3) is 0 Å². The lowest BCUT2D eigenvalue weighted by molar-refractivity contribution is -0.139. The molecule has 16 heteroatoms. The summed E-state index contributed by atoms with van der Waals surface area (Å²) in [5.74, 6) is -1.83. The number of carbonyl (C=O) groups excluding carboxylic acids is 5. The number of hydrogen-bond acceptors (Lipinski definition) is 10. The Morgan fingerprint density at radius 1 is 0.615 bits per heavy atom. The minimum absolute atomic E-state index is 0.146. The number of nitrogens with one attached hydrogen (secondary N) is 4. The van der Waals surface area contributed by atoms with Crippen LogP contribution in [0.2, 0.25) is 0 Å². The number of hydrogen-bond donors (Lipinski definition) is 6. The molecule has 2 rings (SSSR count). The van der Waals surface area contributed by atoms with E-state index >= 15 is 0 Å². The van der Waals surface area contributed by atoms with Gasteiger partial charge in [-0.05, 0) is 78.4 Å². The van der Waals surface area contributed by atoms with Crippen LogP contribution in [0.25, 0.3) is 0 Å². The predicted octanol–water partition coefficient (Wildman–Crippen LogP) is 4.74. The van der Waals surface area contributed by atoms with E-state index in [2.05, 4.69) is 21.3 Å². The Hall–Kier alpha value is -5.54. The number of primary amides is 1. The summed E-state index contributed by atoms with van der Waals surface area (Å²) in [6.07, 6.45) is -1.43. The number of alkyl carbamates (subject to hydrolysis) is 4. The number of rotatable bonds is 16. The van der Waals surface area contributed by atoms with Crippen LogP contribution < -0.4 is 27.0 Å². The second-order valence-electron chi connectivity index (χ2n) is 13.4. The standard InChI is InChI=1S/C18H27N3O5.C18H26N2O6/c1-18(2,3)26-17(24)21-14(15(19)22)10-7-11-20-16(23)25-12-13-8-5-4-6-9-13;1-18(2,3)26-17(24)20-14(15(21)22)10-7-11-19-16(23)25-12-13-8-5-4-6-9-13/h4-6,8-9,14H,7,10-12H2,1-3H3,(H2,19,22)(H,20,23)(H,21,24);4-6,8-9,14H,7,10-12H2,1-3H3,(H,19,23)(H,20,24)(H,21,22)/t2*14-/m00/s1. The molecule has 7 N–H and O–H groups in total. The third-order valence-corrected chi connectivity index (χ3v) is 6.33. The van der Waals surface area contributed by atoms with Gasteiger partial charge in [0.15, 0.2) is 0 Å².